The van der Waals surface area contributed by atoms with Gasteiger partial charge in [0.15, 0.2) is 0 Å². The van der Waals surface area contributed by atoms with Gasteiger partial charge in [-0.05, 0) is 51.9 Å². The minimum atomic E-state index is -0.210. The van der Waals surface area contributed by atoms with Gasteiger partial charge in [-0.25, -0.2) is 14.8 Å². The van der Waals surface area contributed by atoms with E-state index in [9.17, 15) is 4.79 Å². The van der Waals surface area contributed by atoms with Crippen LogP contribution in [0.3, 0.4) is 0 Å². The van der Waals surface area contributed by atoms with Crippen molar-refractivity contribution in [3.05, 3.63) is 12.4 Å². The molecule has 0 N–H and O–H groups in total. The Hall–Kier alpha value is -2.05. The standard InChI is InChI=1S/C19H30N4O3/c1-15(2)26-19(24)23-10-6-16(7-11-23)14-25-18-13-20-17(12-21-18)22-8-4-3-5-9-22/h12-13,15-16H,3-11,14H2,1-2H3. The predicted octanol–water partition coefficient (Wildman–Crippen LogP) is 3.10. The van der Waals surface area contributed by atoms with Crippen molar-refractivity contribution in [1.29, 1.82) is 0 Å². The van der Waals surface area contributed by atoms with Gasteiger partial charge < -0.3 is 19.3 Å². The van der Waals surface area contributed by atoms with Crippen LogP contribution in [0.5, 0.6) is 5.88 Å². The van der Waals surface area contributed by atoms with Crippen molar-refractivity contribution < 1.29 is 14.3 Å². The molecule has 2 aliphatic heterocycles. The van der Waals surface area contributed by atoms with E-state index in [1.807, 2.05) is 20.0 Å². The zero-order valence-electron chi connectivity index (χ0n) is 15.9. The second kappa shape index (κ2) is 9.05. The van der Waals surface area contributed by atoms with Crippen molar-refractivity contribution in [2.24, 2.45) is 5.92 Å². The van der Waals surface area contributed by atoms with Crippen LogP contribution in [-0.4, -0.2) is 59.9 Å². The Balaban J connectivity index is 1.40. The molecule has 0 spiro atoms. The summed E-state index contributed by atoms with van der Waals surface area (Å²) in [6.07, 6.45) is 8.85. The normalized spacial score (nSPS) is 18.9. The number of rotatable bonds is 5. The van der Waals surface area contributed by atoms with Crippen LogP contribution in [0.4, 0.5) is 10.6 Å². The highest BCUT2D eigenvalue weighted by molar-refractivity contribution is 5.67. The molecule has 2 fully saturated rings. The lowest BCUT2D eigenvalue weighted by Gasteiger charge is -2.31. The molecule has 1 aromatic heterocycles. The van der Waals surface area contributed by atoms with Gasteiger partial charge in [0.25, 0.3) is 0 Å². The molecule has 7 nitrogen and oxygen atoms in total. The summed E-state index contributed by atoms with van der Waals surface area (Å²) in [5.74, 6) is 1.95. The maximum Gasteiger partial charge on any atom is 0.410 e. The third-order valence-electron chi connectivity index (χ3n) is 4.97. The Bertz CT molecular complexity index is 565. The van der Waals surface area contributed by atoms with Crippen molar-refractivity contribution in [3.63, 3.8) is 0 Å². The molecular formula is C19H30N4O3. The van der Waals surface area contributed by atoms with Gasteiger partial charge in [0.05, 0.1) is 25.1 Å². The Morgan fingerprint density at radius 2 is 1.85 bits per heavy atom. The summed E-state index contributed by atoms with van der Waals surface area (Å²) < 4.78 is 11.1. The molecule has 3 heterocycles. The lowest BCUT2D eigenvalue weighted by Crippen LogP contribution is -2.40. The first-order chi connectivity index (χ1) is 12.6. The fourth-order valence-corrected chi connectivity index (χ4v) is 3.43. The van der Waals surface area contributed by atoms with E-state index in [4.69, 9.17) is 9.47 Å². The number of hydrogen-bond acceptors (Lipinski definition) is 6. The van der Waals surface area contributed by atoms with E-state index >= 15 is 0 Å². The Morgan fingerprint density at radius 1 is 1.12 bits per heavy atom. The molecule has 0 atom stereocenters. The van der Waals surface area contributed by atoms with Crippen molar-refractivity contribution in [1.82, 2.24) is 14.9 Å². The monoisotopic (exact) mass is 362 g/mol. The van der Waals surface area contributed by atoms with Crippen molar-refractivity contribution >= 4 is 11.9 Å². The van der Waals surface area contributed by atoms with E-state index in [0.717, 1.165) is 44.8 Å². The summed E-state index contributed by atoms with van der Waals surface area (Å²) in [4.78, 5) is 24.9. The molecule has 0 saturated carbocycles. The highest BCUT2D eigenvalue weighted by Gasteiger charge is 2.24. The van der Waals surface area contributed by atoms with E-state index in [1.165, 1.54) is 19.3 Å². The van der Waals surface area contributed by atoms with Gasteiger partial charge in [0.2, 0.25) is 5.88 Å². The highest BCUT2D eigenvalue weighted by atomic mass is 16.6. The molecule has 0 radical (unpaired) electrons. The van der Waals surface area contributed by atoms with Gasteiger partial charge in [0.1, 0.15) is 5.82 Å². The summed E-state index contributed by atoms with van der Waals surface area (Å²) in [5.41, 5.74) is 0. The Morgan fingerprint density at radius 3 is 2.46 bits per heavy atom. The number of ether oxygens (including phenoxy) is 2. The number of hydrogen-bond donors (Lipinski definition) is 0. The summed E-state index contributed by atoms with van der Waals surface area (Å²) in [6.45, 7) is 7.93. The number of aromatic nitrogens is 2. The van der Waals surface area contributed by atoms with E-state index in [1.54, 1.807) is 11.1 Å². The van der Waals surface area contributed by atoms with E-state index in [0.29, 0.717) is 18.4 Å². The maximum absolute atomic E-state index is 11.9. The van der Waals surface area contributed by atoms with E-state index in [2.05, 4.69) is 14.9 Å². The molecule has 3 rings (SSSR count). The zero-order valence-corrected chi connectivity index (χ0v) is 15.9. The lowest BCUT2D eigenvalue weighted by molar-refractivity contribution is 0.0606. The molecule has 2 aliphatic rings. The smallest absolute Gasteiger partial charge is 0.410 e. The maximum atomic E-state index is 11.9. The third kappa shape index (κ3) is 5.22. The molecular weight excluding hydrogens is 332 g/mol. The molecule has 144 valence electrons. The molecule has 0 aromatic carbocycles. The number of amides is 1. The van der Waals surface area contributed by atoms with Crippen LogP contribution in [0.25, 0.3) is 0 Å². The predicted molar refractivity (Wildman–Crippen MR) is 99.5 cm³/mol. The van der Waals surface area contributed by atoms with Crippen LogP contribution in [0.15, 0.2) is 12.4 Å². The molecule has 1 aromatic rings. The van der Waals surface area contributed by atoms with Crippen molar-refractivity contribution in [3.8, 4) is 5.88 Å². The van der Waals surface area contributed by atoms with Crippen LogP contribution in [0, 0.1) is 5.92 Å². The molecule has 7 heteroatoms. The fraction of sp³-hybridized carbons (Fsp3) is 0.737. The SMILES string of the molecule is CC(C)OC(=O)N1CCC(COc2cnc(N3CCCCC3)cn2)CC1. The molecule has 26 heavy (non-hydrogen) atoms. The summed E-state index contributed by atoms with van der Waals surface area (Å²) >= 11 is 0. The minimum Gasteiger partial charge on any atom is -0.476 e. The van der Waals surface area contributed by atoms with Crippen LogP contribution in [-0.2, 0) is 4.74 Å². The zero-order chi connectivity index (χ0) is 18.4. The topological polar surface area (TPSA) is 67.8 Å². The Kier molecular flexibility index (Phi) is 6.52. The van der Waals surface area contributed by atoms with E-state index < -0.39 is 0 Å². The van der Waals surface area contributed by atoms with Crippen molar-refractivity contribution in [2.45, 2.75) is 52.1 Å². The number of piperidine rings is 2. The Labute approximate surface area is 155 Å². The number of carbonyl (C=O) groups excluding carboxylic acids is 1. The van der Waals surface area contributed by atoms with Crippen LogP contribution < -0.4 is 9.64 Å². The van der Waals surface area contributed by atoms with Gasteiger partial charge in [0, 0.05) is 26.2 Å². The van der Waals surface area contributed by atoms with Crippen LogP contribution in [0.1, 0.15) is 46.0 Å². The molecule has 0 bridgehead atoms. The van der Waals surface area contributed by atoms with Crippen molar-refractivity contribution in [2.75, 3.05) is 37.7 Å². The van der Waals surface area contributed by atoms with Gasteiger partial charge in [-0.1, -0.05) is 0 Å². The minimum absolute atomic E-state index is 0.0740. The summed E-state index contributed by atoms with van der Waals surface area (Å²) in [6, 6.07) is 0. The molecule has 2 saturated heterocycles. The number of anilines is 1. The fourth-order valence-electron chi connectivity index (χ4n) is 3.43. The quantitative estimate of drug-likeness (QED) is 0.802. The number of likely N-dealkylation sites (tertiary alicyclic amines) is 1. The third-order valence-corrected chi connectivity index (χ3v) is 4.97. The first kappa shape index (κ1) is 18.7. The second-order valence-electron chi connectivity index (χ2n) is 7.43. The highest BCUT2D eigenvalue weighted by Crippen LogP contribution is 2.21. The average molecular weight is 362 g/mol. The molecule has 0 unspecified atom stereocenters. The van der Waals surface area contributed by atoms with Crippen LogP contribution in [0.2, 0.25) is 0 Å². The number of nitrogens with zero attached hydrogens (tertiary/aromatic N) is 4. The molecule has 1 amide bonds. The van der Waals surface area contributed by atoms with Gasteiger partial charge in [-0.15, -0.1) is 0 Å². The second-order valence-corrected chi connectivity index (χ2v) is 7.43. The van der Waals surface area contributed by atoms with Gasteiger partial charge >= 0.3 is 6.09 Å². The lowest BCUT2D eigenvalue weighted by atomic mass is 9.98. The average Bonchev–Trinajstić information content (AvgIpc) is 2.67. The summed E-state index contributed by atoms with van der Waals surface area (Å²) in [7, 11) is 0. The van der Waals surface area contributed by atoms with Gasteiger partial charge in [-0.3, -0.25) is 0 Å². The number of carbonyl (C=O) groups is 1. The van der Waals surface area contributed by atoms with Gasteiger partial charge in [-0.2, -0.15) is 0 Å². The largest absolute Gasteiger partial charge is 0.476 e. The van der Waals surface area contributed by atoms with E-state index in [-0.39, 0.29) is 12.2 Å². The molecule has 0 aliphatic carbocycles. The first-order valence-corrected chi connectivity index (χ1v) is 9.77. The summed E-state index contributed by atoms with van der Waals surface area (Å²) in [5, 5.41) is 0. The first-order valence-electron chi connectivity index (χ1n) is 9.77. The van der Waals surface area contributed by atoms with Crippen LogP contribution >= 0.6 is 0 Å².